The third-order valence-corrected chi connectivity index (χ3v) is 4.30. The van der Waals surface area contributed by atoms with Crippen LogP contribution in [0.4, 0.5) is 0 Å². The Morgan fingerprint density at radius 3 is 1.91 bits per heavy atom. The largest absolute Gasteiger partial charge is 0.317 e. The Labute approximate surface area is 138 Å². The number of benzene rings is 3. The maximum atomic E-state index is 2.30. The molecule has 0 atom stereocenters. The molecule has 0 aliphatic rings. The number of hydrogen-bond acceptors (Lipinski definition) is 0. The molecule has 0 radical (unpaired) electrons. The summed E-state index contributed by atoms with van der Waals surface area (Å²) >= 11 is 0. The lowest BCUT2D eigenvalue weighted by molar-refractivity contribution is 1.13. The van der Waals surface area contributed by atoms with E-state index in [1.165, 1.54) is 38.5 Å². The minimum absolute atomic E-state index is 1.20. The standard InChI is InChI=1S/C20H17N.C2H6/c1-14-10-17-12-16-8-9-21(19-6-4-3-5-7-19)20(16)13-18(17)11-15(14)2;1-2/h3-13H,1-2H3;1-2H3. The number of nitrogens with zero attached hydrogens (tertiary/aromatic N) is 1. The van der Waals surface area contributed by atoms with E-state index in [2.05, 4.69) is 85.3 Å². The van der Waals surface area contributed by atoms with Crippen LogP contribution in [0.2, 0.25) is 0 Å². The van der Waals surface area contributed by atoms with Gasteiger partial charge in [0.1, 0.15) is 0 Å². The highest BCUT2D eigenvalue weighted by Crippen LogP contribution is 2.28. The molecular weight excluding hydrogens is 278 g/mol. The van der Waals surface area contributed by atoms with Gasteiger partial charge in [-0.2, -0.15) is 0 Å². The molecule has 0 saturated carbocycles. The summed E-state index contributed by atoms with van der Waals surface area (Å²) in [5, 5.41) is 3.91. The third-order valence-electron chi connectivity index (χ3n) is 4.30. The molecule has 0 saturated heterocycles. The van der Waals surface area contributed by atoms with Crippen molar-refractivity contribution < 1.29 is 0 Å². The molecule has 0 unspecified atom stereocenters. The van der Waals surface area contributed by atoms with Gasteiger partial charge in [0.15, 0.2) is 0 Å². The Hall–Kier alpha value is -2.54. The molecule has 1 heteroatoms. The summed E-state index contributed by atoms with van der Waals surface area (Å²) in [5.74, 6) is 0. The van der Waals surface area contributed by atoms with Gasteiger partial charge in [-0.25, -0.2) is 0 Å². The lowest BCUT2D eigenvalue weighted by atomic mass is 10.0. The van der Waals surface area contributed by atoms with E-state index in [1.54, 1.807) is 0 Å². The van der Waals surface area contributed by atoms with Gasteiger partial charge >= 0.3 is 0 Å². The summed E-state index contributed by atoms with van der Waals surface area (Å²) in [5.41, 5.74) is 5.16. The van der Waals surface area contributed by atoms with Gasteiger partial charge in [-0.3, -0.25) is 0 Å². The molecule has 116 valence electrons. The number of para-hydroxylation sites is 1. The van der Waals surface area contributed by atoms with Gasteiger partial charge < -0.3 is 4.57 Å². The summed E-state index contributed by atoms with van der Waals surface area (Å²) in [6.07, 6.45) is 2.15. The van der Waals surface area contributed by atoms with E-state index in [4.69, 9.17) is 0 Å². The Balaban J connectivity index is 0.000000753. The molecule has 4 rings (SSSR count). The van der Waals surface area contributed by atoms with Crippen molar-refractivity contribution in [3.8, 4) is 5.69 Å². The normalized spacial score (nSPS) is 10.6. The maximum Gasteiger partial charge on any atom is 0.0534 e. The minimum atomic E-state index is 1.20. The molecule has 23 heavy (non-hydrogen) atoms. The van der Waals surface area contributed by atoms with Crippen molar-refractivity contribution in [2.45, 2.75) is 27.7 Å². The van der Waals surface area contributed by atoms with E-state index in [-0.39, 0.29) is 0 Å². The SMILES string of the molecule is CC.Cc1cc2cc3ccn(-c4ccccc4)c3cc2cc1C. The molecule has 4 aromatic rings. The maximum absolute atomic E-state index is 2.30. The highest BCUT2D eigenvalue weighted by molar-refractivity contribution is 5.98. The number of aromatic nitrogens is 1. The summed E-state index contributed by atoms with van der Waals surface area (Å²) in [7, 11) is 0. The Kier molecular flexibility index (Phi) is 4.20. The van der Waals surface area contributed by atoms with Crippen molar-refractivity contribution in [1.82, 2.24) is 4.57 Å². The summed E-state index contributed by atoms with van der Waals surface area (Å²) in [4.78, 5) is 0. The van der Waals surface area contributed by atoms with Crippen molar-refractivity contribution in [3.05, 3.63) is 78.0 Å². The monoisotopic (exact) mass is 301 g/mol. The van der Waals surface area contributed by atoms with Gasteiger partial charge in [-0.05, 0) is 66.1 Å². The summed E-state index contributed by atoms with van der Waals surface area (Å²) in [6, 6.07) is 21.8. The molecule has 0 amide bonds. The predicted octanol–water partition coefficient (Wildman–Crippen LogP) is 6.43. The Morgan fingerprint density at radius 2 is 1.26 bits per heavy atom. The summed E-state index contributed by atoms with van der Waals surface area (Å²) in [6.45, 7) is 8.35. The third kappa shape index (κ3) is 2.75. The number of rotatable bonds is 1. The molecule has 3 aromatic carbocycles. The molecule has 0 spiro atoms. The number of hydrogen-bond donors (Lipinski definition) is 0. The first kappa shape index (κ1) is 15.4. The average molecular weight is 301 g/mol. The van der Waals surface area contributed by atoms with E-state index < -0.39 is 0 Å². The minimum Gasteiger partial charge on any atom is -0.317 e. The number of aryl methyl sites for hydroxylation is 2. The van der Waals surface area contributed by atoms with Crippen LogP contribution in [0, 0.1) is 13.8 Å². The smallest absolute Gasteiger partial charge is 0.0534 e. The van der Waals surface area contributed by atoms with E-state index in [0.29, 0.717) is 0 Å². The van der Waals surface area contributed by atoms with Crippen LogP contribution in [0.3, 0.4) is 0 Å². The zero-order chi connectivity index (χ0) is 16.4. The fourth-order valence-electron chi connectivity index (χ4n) is 2.97. The fraction of sp³-hybridized carbons (Fsp3) is 0.182. The second kappa shape index (κ2) is 6.29. The van der Waals surface area contributed by atoms with Crippen LogP contribution < -0.4 is 0 Å². The van der Waals surface area contributed by atoms with Gasteiger partial charge in [0, 0.05) is 17.3 Å². The van der Waals surface area contributed by atoms with Crippen LogP contribution >= 0.6 is 0 Å². The second-order valence-corrected chi connectivity index (χ2v) is 5.72. The highest BCUT2D eigenvalue weighted by Gasteiger charge is 2.06. The first-order chi connectivity index (χ1) is 11.2. The molecule has 0 aliphatic carbocycles. The Bertz CT molecular complexity index is 946. The van der Waals surface area contributed by atoms with Crippen LogP contribution in [0.5, 0.6) is 0 Å². The van der Waals surface area contributed by atoms with Crippen molar-refractivity contribution in [3.63, 3.8) is 0 Å². The van der Waals surface area contributed by atoms with Gasteiger partial charge in [-0.1, -0.05) is 44.2 Å². The van der Waals surface area contributed by atoms with Crippen LogP contribution in [0.1, 0.15) is 25.0 Å². The van der Waals surface area contributed by atoms with Gasteiger partial charge in [-0.15, -0.1) is 0 Å². The molecule has 1 heterocycles. The lowest BCUT2D eigenvalue weighted by Gasteiger charge is -2.08. The Morgan fingerprint density at radius 1 is 0.652 bits per heavy atom. The predicted molar refractivity (Wildman–Crippen MR) is 102 cm³/mol. The highest BCUT2D eigenvalue weighted by atomic mass is 15.0. The zero-order valence-electron chi connectivity index (χ0n) is 14.3. The molecule has 0 aliphatic heterocycles. The second-order valence-electron chi connectivity index (χ2n) is 5.72. The van der Waals surface area contributed by atoms with Crippen LogP contribution in [0.15, 0.2) is 66.9 Å². The fourth-order valence-corrected chi connectivity index (χ4v) is 2.97. The van der Waals surface area contributed by atoms with Crippen LogP contribution in [-0.2, 0) is 0 Å². The summed E-state index contributed by atoms with van der Waals surface area (Å²) < 4.78 is 2.25. The molecule has 1 nitrogen and oxygen atoms in total. The average Bonchev–Trinajstić information content (AvgIpc) is 2.99. The van der Waals surface area contributed by atoms with Crippen molar-refractivity contribution in [1.29, 1.82) is 0 Å². The quantitative estimate of drug-likeness (QED) is 0.382. The van der Waals surface area contributed by atoms with Gasteiger partial charge in [0.25, 0.3) is 0 Å². The number of fused-ring (bicyclic) bond motifs is 2. The lowest BCUT2D eigenvalue weighted by Crippen LogP contribution is -1.91. The van der Waals surface area contributed by atoms with E-state index in [1.807, 2.05) is 13.8 Å². The molecule has 0 fully saturated rings. The van der Waals surface area contributed by atoms with Gasteiger partial charge in [0.05, 0.1) is 5.52 Å². The van der Waals surface area contributed by atoms with E-state index in [0.717, 1.165) is 0 Å². The topological polar surface area (TPSA) is 4.93 Å². The molecular formula is C22H23N. The first-order valence-electron chi connectivity index (χ1n) is 8.30. The van der Waals surface area contributed by atoms with Crippen molar-refractivity contribution in [2.75, 3.05) is 0 Å². The van der Waals surface area contributed by atoms with Gasteiger partial charge in [0.2, 0.25) is 0 Å². The van der Waals surface area contributed by atoms with E-state index >= 15 is 0 Å². The molecule has 0 N–H and O–H groups in total. The zero-order valence-corrected chi connectivity index (χ0v) is 14.3. The first-order valence-corrected chi connectivity index (χ1v) is 8.30. The molecule has 1 aromatic heterocycles. The van der Waals surface area contributed by atoms with Crippen LogP contribution in [-0.4, -0.2) is 4.57 Å². The molecule has 0 bridgehead atoms. The van der Waals surface area contributed by atoms with E-state index in [9.17, 15) is 0 Å². The van der Waals surface area contributed by atoms with Crippen molar-refractivity contribution >= 4 is 21.7 Å². The van der Waals surface area contributed by atoms with Crippen LogP contribution in [0.25, 0.3) is 27.4 Å². The van der Waals surface area contributed by atoms with Crippen molar-refractivity contribution in [2.24, 2.45) is 0 Å².